The van der Waals surface area contributed by atoms with Crippen LogP contribution in [0.25, 0.3) is 11.0 Å². The molecule has 136 valence electrons. The first-order valence-electron chi connectivity index (χ1n) is 8.11. The van der Waals surface area contributed by atoms with Crippen LogP contribution in [0.4, 0.5) is 0 Å². The molecule has 2 amide bonds. The standard InChI is InChI=1S/C16H22N6O2.ClH/c1-10(23)22-8-11(4-5-12(17)9-22)16(24)19-7-14-13-3-2-6-18-15(13)21-20-14;/h2-3,6,11-12H,4-5,7-9,17H2,1H3,(H,19,24)(H,18,20,21);1H/t11-,12+;/m1./s1. The molecule has 0 unspecified atom stereocenters. The van der Waals surface area contributed by atoms with Gasteiger partial charge in [0.25, 0.3) is 0 Å². The Bertz CT molecular complexity index is 749. The van der Waals surface area contributed by atoms with Crippen molar-refractivity contribution in [2.45, 2.75) is 32.4 Å². The van der Waals surface area contributed by atoms with Gasteiger partial charge in [-0.1, -0.05) is 0 Å². The van der Waals surface area contributed by atoms with Crippen LogP contribution in [0, 0.1) is 5.92 Å². The summed E-state index contributed by atoms with van der Waals surface area (Å²) in [6.07, 6.45) is 3.09. The van der Waals surface area contributed by atoms with Gasteiger partial charge in [-0.05, 0) is 25.0 Å². The van der Waals surface area contributed by atoms with E-state index in [0.29, 0.717) is 31.7 Å². The minimum Gasteiger partial charge on any atom is -0.350 e. The van der Waals surface area contributed by atoms with Gasteiger partial charge in [-0.2, -0.15) is 5.10 Å². The normalized spacial score (nSPS) is 20.6. The molecular formula is C16H23ClN6O2. The molecule has 0 aliphatic carbocycles. The van der Waals surface area contributed by atoms with Gasteiger partial charge in [-0.25, -0.2) is 4.98 Å². The number of aromatic amines is 1. The lowest BCUT2D eigenvalue weighted by atomic mass is 10.0. The maximum Gasteiger partial charge on any atom is 0.225 e. The predicted octanol–water partition coefficient (Wildman–Crippen LogP) is 0.582. The molecule has 1 saturated heterocycles. The molecule has 0 bridgehead atoms. The largest absolute Gasteiger partial charge is 0.350 e. The van der Waals surface area contributed by atoms with E-state index in [2.05, 4.69) is 20.5 Å². The number of carbonyl (C=O) groups excluding carboxylic acids is 2. The highest BCUT2D eigenvalue weighted by atomic mass is 35.5. The summed E-state index contributed by atoms with van der Waals surface area (Å²) < 4.78 is 0. The average Bonchev–Trinajstić information content (AvgIpc) is 2.87. The van der Waals surface area contributed by atoms with Crippen LogP contribution in [0.15, 0.2) is 18.3 Å². The second-order valence-electron chi connectivity index (χ2n) is 6.25. The molecule has 0 spiro atoms. The van der Waals surface area contributed by atoms with Crippen molar-refractivity contribution in [3.8, 4) is 0 Å². The van der Waals surface area contributed by atoms with E-state index in [9.17, 15) is 9.59 Å². The van der Waals surface area contributed by atoms with E-state index < -0.39 is 0 Å². The van der Waals surface area contributed by atoms with Gasteiger partial charge < -0.3 is 16.0 Å². The number of hydrogen-bond acceptors (Lipinski definition) is 5. The molecule has 2 aromatic rings. The van der Waals surface area contributed by atoms with Crippen molar-refractivity contribution in [2.24, 2.45) is 11.7 Å². The maximum absolute atomic E-state index is 12.5. The highest BCUT2D eigenvalue weighted by Gasteiger charge is 2.28. The molecule has 0 saturated carbocycles. The molecule has 25 heavy (non-hydrogen) atoms. The van der Waals surface area contributed by atoms with Crippen LogP contribution in [0.2, 0.25) is 0 Å². The molecule has 1 aliphatic rings. The lowest BCUT2D eigenvalue weighted by molar-refractivity contribution is -0.131. The number of amides is 2. The number of H-pyrrole nitrogens is 1. The lowest BCUT2D eigenvalue weighted by Gasteiger charge is -2.23. The van der Waals surface area contributed by atoms with Gasteiger partial charge in [0.05, 0.1) is 18.2 Å². The number of halogens is 1. The van der Waals surface area contributed by atoms with Crippen LogP contribution >= 0.6 is 12.4 Å². The molecule has 3 rings (SSSR count). The molecule has 2 atom stereocenters. The molecule has 9 heteroatoms. The van der Waals surface area contributed by atoms with Crippen LogP contribution in [-0.2, 0) is 16.1 Å². The second kappa shape index (κ2) is 8.26. The SMILES string of the molecule is CC(=O)N1C[C@@H](N)CC[C@@H](C(=O)NCc2[nH]nc3ncccc23)C1.Cl. The van der Waals surface area contributed by atoms with Crippen LogP contribution < -0.4 is 11.1 Å². The van der Waals surface area contributed by atoms with E-state index in [1.54, 1.807) is 11.1 Å². The minimum absolute atomic E-state index is 0. The summed E-state index contributed by atoms with van der Waals surface area (Å²) in [7, 11) is 0. The number of pyridine rings is 1. The van der Waals surface area contributed by atoms with Gasteiger partial charge in [0.15, 0.2) is 5.65 Å². The van der Waals surface area contributed by atoms with Crippen molar-refractivity contribution in [1.82, 2.24) is 25.4 Å². The second-order valence-corrected chi connectivity index (χ2v) is 6.25. The van der Waals surface area contributed by atoms with E-state index in [-0.39, 0.29) is 36.2 Å². The highest BCUT2D eigenvalue weighted by Crippen LogP contribution is 2.17. The number of hydrogen-bond donors (Lipinski definition) is 3. The van der Waals surface area contributed by atoms with Gasteiger partial charge in [-0.15, -0.1) is 12.4 Å². The van der Waals surface area contributed by atoms with Gasteiger partial charge in [0, 0.05) is 37.6 Å². The van der Waals surface area contributed by atoms with E-state index in [0.717, 1.165) is 17.5 Å². The van der Waals surface area contributed by atoms with Crippen LogP contribution in [0.5, 0.6) is 0 Å². The summed E-state index contributed by atoms with van der Waals surface area (Å²) >= 11 is 0. The average molecular weight is 367 g/mol. The minimum atomic E-state index is -0.241. The fourth-order valence-electron chi connectivity index (χ4n) is 3.05. The molecule has 4 N–H and O–H groups in total. The van der Waals surface area contributed by atoms with Crippen LogP contribution in [0.3, 0.4) is 0 Å². The first-order valence-corrected chi connectivity index (χ1v) is 8.11. The molecule has 1 aliphatic heterocycles. The Kier molecular flexibility index (Phi) is 6.33. The van der Waals surface area contributed by atoms with E-state index in [1.165, 1.54) is 6.92 Å². The van der Waals surface area contributed by atoms with Crippen LogP contribution in [-0.4, -0.2) is 51.0 Å². The Morgan fingerprint density at radius 1 is 1.40 bits per heavy atom. The third-order valence-corrected chi connectivity index (χ3v) is 4.45. The van der Waals surface area contributed by atoms with Gasteiger partial charge in [0.1, 0.15) is 0 Å². The van der Waals surface area contributed by atoms with Crippen molar-refractivity contribution < 1.29 is 9.59 Å². The Labute approximate surface area is 151 Å². The van der Waals surface area contributed by atoms with E-state index in [4.69, 9.17) is 5.73 Å². The monoisotopic (exact) mass is 366 g/mol. The topological polar surface area (TPSA) is 117 Å². The molecule has 0 aromatic carbocycles. The quantitative estimate of drug-likeness (QED) is 0.734. The zero-order valence-electron chi connectivity index (χ0n) is 14.1. The number of aromatic nitrogens is 3. The van der Waals surface area contributed by atoms with Gasteiger partial charge in [-0.3, -0.25) is 14.7 Å². The van der Waals surface area contributed by atoms with Crippen molar-refractivity contribution in [3.63, 3.8) is 0 Å². The summed E-state index contributed by atoms with van der Waals surface area (Å²) in [4.78, 5) is 30.0. The van der Waals surface area contributed by atoms with Crippen molar-refractivity contribution >= 4 is 35.3 Å². The van der Waals surface area contributed by atoms with Crippen molar-refractivity contribution in [3.05, 3.63) is 24.0 Å². The first-order chi connectivity index (χ1) is 11.5. The number of fused-ring (bicyclic) bond motifs is 1. The summed E-state index contributed by atoms with van der Waals surface area (Å²) in [5.74, 6) is -0.354. The van der Waals surface area contributed by atoms with E-state index >= 15 is 0 Å². The van der Waals surface area contributed by atoms with Crippen molar-refractivity contribution in [1.29, 1.82) is 0 Å². The first kappa shape index (κ1) is 19.1. The fourth-order valence-corrected chi connectivity index (χ4v) is 3.05. The molecular weight excluding hydrogens is 344 g/mol. The predicted molar refractivity (Wildman–Crippen MR) is 95.9 cm³/mol. The number of nitrogens with one attached hydrogen (secondary N) is 2. The van der Waals surface area contributed by atoms with Crippen molar-refractivity contribution in [2.75, 3.05) is 13.1 Å². The maximum atomic E-state index is 12.5. The lowest BCUT2D eigenvalue weighted by Crippen LogP contribution is -2.42. The third-order valence-electron chi connectivity index (χ3n) is 4.45. The Hall–Kier alpha value is -2.19. The number of nitrogens with zero attached hydrogens (tertiary/aromatic N) is 3. The highest BCUT2D eigenvalue weighted by molar-refractivity contribution is 5.85. The molecule has 8 nitrogen and oxygen atoms in total. The van der Waals surface area contributed by atoms with E-state index in [1.807, 2.05) is 12.1 Å². The van der Waals surface area contributed by atoms with Gasteiger partial charge in [0.2, 0.25) is 11.8 Å². The fraction of sp³-hybridized carbons (Fsp3) is 0.500. The molecule has 3 heterocycles. The van der Waals surface area contributed by atoms with Gasteiger partial charge >= 0.3 is 0 Å². The number of nitrogens with two attached hydrogens (primary N) is 1. The zero-order chi connectivity index (χ0) is 17.1. The summed E-state index contributed by atoms with van der Waals surface area (Å²) in [5.41, 5.74) is 7.44. The van der Waals surface area contributed by atoms with Crippen LogP contribution in [0.1, 0.15) is 25.5 Å². The Morgan fingerprint density at radius 2 is 2.20 bits per heavy atom. The third kappa shape index (κ3) is 4.46. The number of carbonyl (C=O) groups is 2. The Morgan fingerprint density at radius 3 is 2.96 bits per heavy atom. The number of rotatable bonds is 3. The number of likely N-dealkylation sites (tertiary alicyclic amines) is 1. The molecule has 0 radical (unpaired) electrons. The Balaban J connectivity index is 0.00000225. The summed E-state index contributed by atoms with van der Waals surface area (Å²) in [6.45, 7) is 2.79. The molecule has 1 fully saturated rings. The smallest absolute Gasteiger partial charge is 0.225 e. The zero-order valence-corrected chi connectivity index (χ0v) is 14.9. The summed E-state index contributed by atoms with van der Waals surface area (Å²) in [6, 6.07) is 3.67. The molecule has 2 aromatic heterocycles. The summed E-state index contributed by atoms with van der Waals surface area (Å²) in [5, 5.41) is 10.8.